The van der Waals surface area contributed by atoms with E-state index in [9.17, 15) is 0 Å². The molecule has 1 fully saturated rings. The Balaban J connectivity index is 1.26. The molecule has 0 aliphatic carbocycles. The summed E-state index contributed by atoms with van der Waals surface area (Å²) in [4.78, 5) is 13.5. The lowest BCUT2D eigenvalue weighted by molar-refractivity contribution is 0.355. The SMILES string of the molecule is COc1cc2ncnc(N3CCN(C(=S)NCc4cccc5ccccc45)CC3)c2cc1OC. The van der Waals surface area contributed by atoms with Gasteiger partial charge in [-0.05, 0) is 34.6 Å². The van der Waals surface area contributed by atoms with Crippen LogP contribution in [0.25, 0.3) is 21.7 Å². The molecular weight excluding hydrogens is 446 g/mol. The van der Waals surface area contributed by atoms with Gasteiger partial charge in [0.1, 0.15) is 12.1 Å². The van der Waals surface area contributed by atoms with E-state index in [4.69, 9.17) is 21.7 Å². The van der Waals surface area contributed by atoms with Gasteiger partial charge in [0.15, 0.2) is 16.6 Å². The molecule has 8 heteroatoms. The molecule has 174 valence electrons. The lowest BCUT2D eigenvalue weighted by Gasteiger charge is -2.37. The van der Waals surface area contributed by atoms with E-state index in [1.807, 2.05) is 12.1 Å². The van der Waals surface area contributed by atoms with Crippen molar-refractivity contribution in [2.45, 2.75) is 6.54 Å². The number of ether oxygens (including phenoxy) is 2. The monoisotopic (exact) mass is 473 g/mol. The molecule has 2 heterocycles. The Labute approximate surface area is 204 Å². The molecule has 5 rings (SSSR count). The molecule has 1 aromatic heterocycles. The highest BCUT2D eigenvalue weighted by atomic mass is 32.1. The molecule has 3 aromatic carbocycles. The van der Waals surface area contributed by atoms with E-state index in [0.717, 1.165) is 48.0 Å². The largest absolute Gasteiger partial charge is 0.493 e. The van der Waals surface area contributed by atoms with Crippen molar-refractivity contribution in [1.82, 2.24) is 20.2 Å². The number of thiocarbonyl (C=S) groups is 1. The first-order chi connectivity index (χ1) is 16.7. The van der Waals surface area contributed by atoms with Gasteiger partial charge in [0.05, 0.1) is 19.7 Å². The molecule has 4 aromatic rings. The van der Waals surface area contributed by atoms with E-state index in [-0.39, 0.29) is 0 Å². The van der Waals surface area contributed by atoms with Crippen LogP contribution in [-0.2, 0) is 6.54 Å². The lowest BCUT2D eigenvalue weighted by Crippen LogP contribution is -2.51. The number of rotatable bonds is 5. The first-order valence-corrected chi connectivity index (χ1v) is 11.7. The van der Waals surface area contributed by atoms with Crippen LogP contribution in [0.15, 0.2) is 60.9 Å². The number of benzene rings is 3. The van der Waals surface area contributed by atoms with E-state index < -0.39 is 0 Å². The maximum Gasteiger partial charge on any atom is 0.169 e. The fraction of sp³-hybridized carbons (Fsp3) is 0.269. The van der Waals surface area contributed by atoms with Crippen LogP contribution in [0.2, 0.25) is 0 Å². The van der Waals surface area contributed by atoms with E-state index >= 15 is 0 Å². The van der Waals surface area contributed by atoms with Gasteiger partial charge >= 0.3 is 0 Å². The van der Waals surface area contributed by atoms with Gasteiger partial charge in [-0.1, -0.05) is 42.5 Å². The summed E-state index contributed by atoms with van der Waals surface area (Å²) in [7, 11) is 3.26. The maximum atomic E-state index is 5.73. The van der Waals surface area contributed by atoms with Gasteiger partial charge in [0.25, 0.3) is 0 Å². The number of methoxy groups -OCH3 is 2. The van der Waals surface area contributed by atoms with Gasteiger partial charge < -0.3 is 24.6 Å². The van der Waals surface area contributed by atoms with Gasteiger partial charge in [-0.2, -0.15) is 0 Å². The molecule has 1 N–H and O–H groups in total. The molecular formula is C26H27N5O2S. The molecule has 7 nitrogen and oxygen atoms in total. The van der Waals surface area contributed by atoms with Crippen LogP contribution in [-0.4, -0.2) is 60.4 Å². The van der Waals surface area contributed by atoms with Gasteiger partial charge in [-0.3, -0.25) is 0 Å². The number of anilines is 1. The van der Waals surface area contributed by atoms with E-state index in [2.05, 4.69) is 67.5 Å². The topological polar surface area (TPSA) is 62.8 Å². The highest BCUT2D eigenvalue weighted by Crippen LogP contribution is 2.34. The number of fused-ring (bicyclic) bond motifs is 2. The van der Waals surface area contributed by atoms with Crippen LogP contribution < -0.4 is 19.7 Å². The Kier molecular flexibility index (Phi) is 6.31. The fourth-order valence-corrected chi connectivity index (χ4v) is 4.73. The molecule has 1 aliphatic heterocycles. The van der Waals surface area contributed by atoms with Crippen molar-refractivity contribution in [2.75, 3.05) is 45.3 Å². The number of nitrogens with zero attached hydrogens (tertiary/aromatic N) is 4. The Hall–Kier alpha value is -3.65. The number of piperazine rings is 1. The molecule has 0 bridgehead atoms. The third-order valence-corrected chi connectivity index (χ3v) is 6.70. The van der Waals surface area contributed by atoms with E-state index in [1.54, 1.807) is 20.5 Å². The Morgan fingerprint density at radius 1 is 0.912 bits per heavy atom. The van der Waals surface area contributed by atoms with E-state index in [1.165, 1.54) is 16.3 Å². The lowest BCUT2D eigenvalue weighted by atomic mass is 10.0. The molecule has 34 heavy (non-hydrogen) atoms. The van der Waals surface area contributed by atoms with Crippen molar-refractivity contribution in [3.05, 3.63) is 66.5 Å². The number of nitrogens with one attached hydrogen (secondary N) is 1. The van der Waals surface area contributed by atoms with Crippen LogP contribution in [0.3, 0.4) is 0 Å². The van der Waals surface area contributed by atoms with Crippen molar-refractivity contribution >= 4 is 44.8 Å². The van der Waals surface area contributed by atoms with Crippen LogP contribution in [0, 0.1) is 0 Å². The van der Waals surface area contributed by atoms with Crippen molar-refractivity contribution in [2.24, 2.45) is 0 Å². The summed E-state index contributed by atoms with van der Waals surface area (Å²) < 4.78 is 10.9. The average molecular weight is 474 g/mol. The maximum absolute atomic E-state index is 5.73. The summed E-state index contributed by atoms with van der Waals surface area (Å²) >= 11 is 5.73. The number of aromatic nitrogens is 2. The Bertz CT molecular complexity index is 1330. The minimum atomic E-state index is 0.659. The minimum absolute atomic E-state index is 0.659. The molecule has 0 unspecified atom stereocenters. The fourth-order valence-electron chi connectivity index (χ4n) is 4.47. The zero-order chi connectivity index (χ0) is 23.5. The predicted molar refractivity (Wildman–Crippen MR) is 140 cm³/mol. The van der Waals surface area contributed by atoms with E-state index in [0.29, 0.717) is 18.0 Å². The molecule has 1 saturated heterocycles. The quantitative estimate of drug-likeness (QED) is 0.437. The summed E-state index contributed by atoms with van der Waals surface area (Å²) in [6, 6.07) is 18.7. The predicted octanol–water partition coefficient (Wildman–Crippen LogP) is 4.00. The minimum Gasteiger partial charge on any atom is -0.493 e. The molecule has 0 atom stereocenters. The summed E-state index contributed by atoms with van der Waals surface area (Å²) in [6.07, 6.45) is 1.60. The van der Waals surface area contributed by atoms with Gasteiger partial charge in [-0.25, -0.2) is 9.97 Å². The van der Waals surface area contributed by atoms with Crippen molar-refractivity contribution in [3.63, 3.8) is 0 Å². The van der Waals surface area contributed by atoms with Crippen LogP contribution in [0.1, 0.15) is 5.56 Å². The summed E-state index contributed by atoms with van der Waals surface area (Å²) in [5.41, 5.74) is 2.08. The zero-order valence-electron chi connectivity index (χ0n) is 19.3. The Morgan fingerprint density at radius 3 is 2.44 bits per heavy atom. The molecule has 0 saturated carbocycles. The third-order valence-electron chi connectivity index (χ3n) is 6.30. The molecule has 0 amide bonds. The molecule has 0 radical (unpaired) electrons. The van der Waals surface area contributed by atoms with Gasteiger partial charge in [-0.15, -0.1) is 0 Å². The smallest absolute Gasteiger partial charge is 0.169 e. The second kappa shape index (κ2) is 9.69. The van der Waals surface area contributed by atoms with Crippen molar-refractivity contribution < 1.29 is 9.47 Å². The highest BCUT2D eigenvalue weighted by molar-refractivity contribution is 7.80. The molecule has 1 aliphatic rings. The first kappa shape index (κ1) is 22.2. The van der Waals surface area contributed by atoms with Crippen LogP contribution in [0.5, 0.6) is 11.5 Å². The zero-order valence-corrected chi connectivity index (χ0v) is 20.1. The molecule has 0 spiro atoms. The standard InChI is InChI=1S/C26H27N5O2S/c1-32-23-14-21-22(15-24(23)33-2)28-17-29-25(21)30-10-12-31(13-11-30)26(34)27-16-19-8-5-7-18-6-3-4-9-20(18)19/h3-9,14-15,17H,10-13,16H2,1-2H3,(H,27,34). The summed E-state index contributed by atoms with van der Waals surface area (Å²) in [5.74, 6) is 2.23. The third kappa shape index (κ3) is 4.28. The second-order valence-electron chi connectivity index (χ2n) is 8.19. The summed E-state index contributed by atoms with van der Waals surface area (Å²) in [5, 5.41) is 7.69. The summed E-state index contributed by atoms with van der Waals surface area (Å²) in [6.45, 7) is 3.98. The Morgan fingerprint density at radius 2 is 1.65 bits per heavy atom. The highest BCUT2D eigenvalue weighted by Gasteiger charge is 2.22. The number of hydrogen-bond donors (Lipinski definition) is 1. The average Bonchev–Trinajstić information content (AvgIpc) is 2.90. The van der Waals surface area contributed by atoms with Gasteiger partial charge in [0.2, 0.25) is 0 Å². The normalized spacial score (nSPS) is 13.8. The van der Waals surface area contributed by atoms with Crippen LogP contribution >= 0.6 is 12.2 Å². The second-order valence-corrected chi connectivity index (χ2v) is 8.58. The van der Waals surface area contributed by atoms with Crippen molar-refractivity contribution in [3.8, 4) is 11.5 Å². The van der Waals surface area contributed by atoms with Gasteiger partial charge in [0, 0.05) is 44.2 Å². The number of hydrogen-bond acceptors (Lipinski definition) is 6. The van der Waals surface area contributed by atoms with Crippen LogP contribution in [0.4, 0.5) is 5.82 Å². The first-order valence-electron chi connectivity index (χ1n) is 11.3. The van der Waals surface area contributed by atoms with Crippen molar-refractivity contribution in [1.29, 1.82) is 0 Å².